The second-order valence-electron chi connectivity index (χ2n) is 6.62. The summed E-state index contributed by atoms with van der Waals surface area (Å²) < 4.78 is 0. The van der Waals surface area contributed by atoms with Gasteiger partial charge in [-0.2, -0.15) is 0 Å². The lowest BCUT2D eigenvalue weighted by Gasteiger charge is -2.26. The van der Waals surface area contributed by atoms with Crippen molar-refractivity contribution in [2.45, 2.75) is 36.1 Å². The number of nitrogens with zero attached hydrogens (tertiary/aromatic N) is 2. The average Bonchev–Trinajstić information content (AvgIpc) is 2.82. The van der Waals surface area contributed by atoms with Crippen molar-refractivity contribution in [1.29, 1.82) is 0 Å². The average molecular weight is 348 g/mol. The number of hydrogen-bond donors (Lipinski definition) is 1. The summed E-state index contributed by atoms with van der Waals surface area (Å²) in [5, 5.41) is 8.95. The number of fused-ring (bicyclic) bond motifs is 1. The minimum atomic E-state index is -0.797. The Morgan fingerprint density at radius 1 is 1.29 bits per heavy atom. The lowest BCUT2D eigenvalue weighted by atomic mass is 10.00. The Morgan fingerprint density at radius 3 is 2.88 bits per heavy atom. The third kappa shape index (κ3) is 3.75. The number of hydrogen-bond acceptors (Lipinski definition) is 4. The van der Waals surface area contributed by atoms with E-state index in [0.717, 1.165) is 43.7 Å². The molecule has 0 spiro atoms. The quantitative estimate of drug-likeness (QED) is 0.904. The van der Waals surface area contributed by atoms with Gasteiger partial charge in [0, 0.05) is 29.8 Å². The molecule has 1 N–H and O–H groups in total. The monoisotopic (exact) mass is 348 g/mol. The molecule has 2 unspecified atom stereocenters. The first-order chi connectivity index (χ1) is 11.6. The molecule has 24 heavy (non-hydrogen) atoms. The maximum Gasteiger partial charge on any atom is 0.317 e. The van der Waals surface area contributed by atoms with Crippen LogP contribution in [0.3, 0.4) is 0 Å². The van der Waals surface area contributed by atoms with Crippen LogP contribution in [0.25, 0.3) is 0 Å². The zero-order valence-electron chi connectivity index (χ0n) is 14.0. The smallest absolute Gasteiger partial charge is 0.317 e. The number of carboxylic acid groups (broad SMARTS) is 1. The van der Waals surface area contributed by atoms with E-state index in [1.807, 2.05) is 29.0 Å². The molecule has 3 rings (SSSR count). The van der Waals surface area contributed by atoms with Crippen molar-refractivity contribution >= 4 is 23.6 Å². The summed E-state index contributed by atoms with van der Waals surface area (Å²) in [6.45, 7) is 1.56. The van der Waals surface area contributed by atoms with Crippen molar-refractivity contribution in [2.24, 2.45) is 0 Å². The Morgan fingerprint density at radius 2 is 2.08 bits per heavy atom. The summed E-state index contributed by atoms with van der Waals surface area (Å²) in [5.74, 6) is 0.236. The summed E-state index contributed by atoms with van der Waals surface area (Å²) >= 11 is 1.76. The molecule has 0 aliphatic carbocycles. The maximum absolute atomic E-state index is 13.0. The third-order valence-corrected chi connectivity index (χ3v) is 6.20. The Bertz CT molecular complexity index is 622. The van der Waals surface area contributed by atoms with Crippen LogP contribution in [0.15, 0.2) is 29.2 Å². The third-order valence-electron chi connectivity index (χ3n) is 5.02. The molecule has 2 aliphatic rings. The van der Waals surface area contributed by atoms with Gasteiger partial charge in [-0.25, -0.2) is 0 Å². The molecule has 2 heterocycles. The molecule has 0 aromatic heterocycles. The SMILES string of the molecule is CN(CC(=O)O)C1CCCN(C(=O)C2CSc3ccccc32)CC1. The number of carboxylic acids is 1. The van der Waals surface area contributed by atoms with Crippen LogP contribution in [0.1, 0.15) is 30.7 Å². The molecule has 130 valence electrons. The fourth-order valence-corrected chi connectivity index (χ4v) is 4.89. The second kappa shape index (κ2) is 7.57. The number of thioether (sulfide) groups is 1. The van der Waals surface area contributed by atoms with Gasteiger partial charge in [-0.05, 0) is 37.9 Å². The standard InChI is InChI=1S/C18H24N2O3S/c1-19(11-17(21)22)13-5-4-9-20(10-8-13)18(23)15-12-24-16-7-3-2-6-14(15)16/h2-3,6-7,13,15H,4-5,8-12H2,1H3,(H,21,22). The minimum absolute atomic E-state index is 0.0282. The molecule has 0 radical (unpaired) electrons. The highest BCUT2D eigenvalue weighted by Crippen LogP contribution is 2.40. The molecular weight excluding hydrogens is 324 g/mol. The van der Waals surface area contributed by atoms with Crippen LogP contribution in [0.4, 0.5) is 0 Å². The molecule has 1 aromatic carbocycles. The van der Waals surface area contributed by atoms with Gasteiger partial charge in [0.25, 0.3) is 0 Å². The van der Waals surface area contributed by atoms with Crippen molar-refractivity contribution in [3.8, 4) is 0 Å². The van der Waals surface area contributed by atoms with Crippen molar-refractivity contribution < 1.29 is 14.7 Å². The Labute approximate surface area is 147 Å². The molecule has 1 amide bonds. The summed E-state index contributed by atoms with van der Waals surface area (Å²) in [4.78, 5) is 29.0. The predicted molar refractivity (Wildman–Crippen MR) is 94.4 cm³/mol. The van der Waals surface area contributed by atoms with E-state index in [2.05, 4.69) is 12.1 Å². The Hall–Kier alpha value is -1.53. The Kier molecular flexibility index (Phi) is 5.46. The van der Waals surface area contributed by atoms with Crippen LogP contribution in [-0.4, -0.2) is 65.3 Å². The number of amides is 1. The first kappa shape index (κ1) is 17.3. The van der Waals surface area contributed by atoms with Crippen molar-refractivity contribution in [3.05, 3.63) is 29.8 Å². The number of likely N-dealkylation sites (N-methyl/N-ethyl adjacent to an activating group) is 1. The van der Waals surface area contributed by atoms with Gasteiger partial charge in [-0.15, -0.1) is 11.8 Å². The van der Waals surface area contributed by atoms with Gasteiger partial charge in [-0.3, -0.25) is 14.5 Å². The summed E-state index contributed by atoms with van der Waals surface area (Å²) in [5.41, 5.74) is 1.16. The van der Waals surface area contributed by atoms with Crippen molar-refractivity contribution in [3.63, 3.8) is 0 Å². The highest BCUT2D eigenvalue weighted by molar-refractivity contribution is 7.99. The molecule has 1 aromatic rings. The van der Waals surface area contributed by atoms with E-state index in [1.165, 1.54) is 4.90 Å². The molecule has 0 saturated carbocycles. The normalized spacial score (nSPS) is 23.8. The van der Waals surface area contributed by atoms with E-state index >= 15 is 0 Å². The second-order valence-corrected chi connectivity index (χ2v) is 7.68. The van der Waals surface area contributed by atoms with E-state index in [-0.39, 0.29) is 24.4 Å². The zero-order chi connectivity index (χ0) is 17.1. The van der Waals surface area contributed by atoms with Gasteiger partial charge in [0.05, 0.1) is 12.5 Å². The highest BCUT2D eigenvalue weighted by Gasteiger charge is 2.33. The van der Waals surface area contributed by atoms with E-state index < -0.39 is 5.97 Å². The highest BCUT2D eigenvalue weighted by atomic mass is 32.2. The fraction of sp³-hybridized carbons (Fsp3) is 0.556. The van der Waals surface area contributed by atoms with E-state index in [4.69, 9.17) is 5.11 Å². The topological polar surface area (TPSA) is 60.9 Å². The van der Waals surface area contributed by atoms with Crippen LogP contribution < -0.4 is 0 Å². The summed E-state index contributed by atoms with van der Waals surface area (Å²) in [6.07, 6.45) is 2.72. The molecule has 6 heteroatoms. The minimum Gasteiger partial charge on any atom is -0.480 e. The van der Waals surface area contributed by atoms with Crippen LogP contribution in [0, 0.1) is 0 Å². The van der Waals surface area contributed by atoms with Gasteiger partial charge < -0.3 is 10.0 Å². The predicted octanol–water partition coefficient (Wildman–Crippen LogP) is 2.27. The lowest BCUT2D eigenvalue weighted by molar-refractivity contribution is -0.138. The molecule has 2 atom stereocenters. The fourth-order valence-electron chi connectivity index (χ4n) is 3.67. The molecule has 5 nitrogen and oxygen atoms in total. The first-order valence-corrected chi connectivity index (χ1v) is 9.47. The number of carbonyl (C=O) groups excluding carboxylic acids is 1. The van der Waals surface area contributed by atoms with Crippen LogP contribution in [0.2, 0.25) is 0 Å². The van der Waals surface area contributed by atoms with Crippen LogP contribution in [-0.2, 0) is 9.59 Å². The van der Waals surface area contributed by atoms with Gasteiger partial charge in [-0.1, -0.05) is 18.2 Å². The summed E-state index contributed by atoms with van der Waals surface area (Å²) in [6, 6.07) is 8.42. The molecule has 0 bridgehead atoms. The van der Waals surface area contributed by atoms with Crippen molar-refractivity contribution in [1.82, 2.24) is 9.80 Å². The van der Waals surface area contributed by atoms with Crippen LogP contribution >= 0.6 is 11.8 Å². The maximum atomic E-state index is 13.0. The number of benzene rings is 1. The molecule has 2 aliphatic heterocycles. The van der Waals surface area contributed by atoms with Gasteiger partial charge in [0.15, 0.2) is 0 Å². The van der Waals surface area contributed by atoms with Gasteiger partial charge >= 0.3 is 5.97 Å². The van der Waals surface area contributed by atoms with E-state index in [0.29, 0.717) is 0 Å². The van der Waals surface area contributed by atoms with Crippen molar-refractivity contribution in [2.75, 3.05) is 32.4 Å². The Balaban J connectivity index is 1.62. The lowest BCUT2D eigenvalue weighted by Crippen LogP contribution is -2.38. The number of carbonyl (C=O) groups is 2. The summed E-state index contributed by atoms with van der Waals surface area (Å²) in [7, 11) is 1.86. The molecular formula is C18H24N2O3S. The molecule has 1 saturated heterocycles. The molecule has 1 fully saturated rings. The van der Waals surface area contributed by atoms with Gasteiger partial charge in [0.1, 0.15) is 0 Å². The van der Waals surface area contributed by atoms with Gasteiger partial charge in [0.2, 0.25) is 5.91 Å². The van der Waals surface area contributed by atoms with Crippen LogP contribution in [0.5, 0.6) is 0 Å². The number of likely N-dealkylation sites (tertiary alicyclic amines) is 1. The van der Waals surface area contributed by atoms with E-state index in [1.54, 1.807) is 11.8 Å². The zero-order valence-corrected chi connectivity index (χ0v) is 14.8. The van der Waals surface area contributed by atoms with E-state index in [9.17, 15) is 9.59 Å². The number of aliphatic carboxylic acids is 1. The first-order valence-electron chi connectivity index (χ1n) is 8.49. The largest absolute Gasteiger partial charge is 0.480 e. The number of rotatable bonds is 4.